The Hall–Kier alpha value is -2.02. The Labute approximate surface area is 169 Å². The van der Waals surface area contributed by atoms with Crippen LogP contribution in [0.15, 0.2) is 42.5 Å². The van der Waals surface area contributed by atoms with Gasteiger partial charge >= 0.3 is 0 Å². The van der Waals surface area contributed by atoms with Crippen LogP contribution in [0.4, 0.5) is 8.78 Å². The molecule has 29 heavy (non-hydrogen) atoms. The normalized spacial score (nSPS) is 21.0. The minimum atomic E-state index is -2.67. The number of piperidine rings is 1. The second-order valence-electron chi connectivity index (χ2n) is 7.87. The van der Waals surface area contributed by atoms with Gasteiger partial charge in [-0.05, 0) is 41.8 Å². The first-order valence-corrected chi connectivity index (χ1v) is 10.2. The Kier molecular flexibility index (Phi) is 6.13. The highest BCUT2D eigenvalue weighted by atomic mass is 19.3. The highest BCUT2D eigenvalue weighted by Crippen LogP contribution is 2.36. The fraction of sp³-hybridized carbons (Fsp3) is 0.478. The highest BCUT2D eigenvalue weighted by Gasteiger charge is 2.35. The molecular weight excluding hydrogens is 376 g/mol. The highest BCUT2D eigenvalue weighted by molar-refractivity contribution is 5.96. The summed E-state index contributed by atoms with van der Waals surface area (Å²) in [5.74, 6) is -1.96. The number of rotatable bonds is 6. The van der Waals surface area contributed by atoms with E-state index in [4.69, 9.17) is 9.47 Å². The van der Waals surface area contributed by atoms with E-state index >= 15 is 0 Å². The number of aliphatic hydroxyl groups excluding tert-OH is 1. The number of hydrogen-bond donors (Lipinski definition) is 1. The molecule has 0 aromatic heterocycles. The molecule has 2 aromatic carbocycles. The van der Waals surface area contributed by atoms with Crippen LogP contribution in [0.2, 0.25) is 0 Å². The van der Waals surface area contributed by atoms with Gasteiger partial charge in [0.15, 0.2) is 0 Å². The van der Waals surface area contributed by atoms with Crippen molar-refractivity contribution >= 4 is 16.3 Å². The lowest BCUT2D eigenvalue weighted by molar-refractivity contribution is -0.0737. The molecule has 4 rings (SSSR count). The number of aliphatic hydroxyl groups is 1. The number of fused-ring (bicyclic) bond motifs is 1. The SMILES string of the molecule is OC(COc1ccc2ccccc2c1C1=CCOCC1)CN1CCCC(F)(F)C1. The lowest BCUT2D eigenvalue weighted by atomic mass is 9.94. The van der Waals surface area contributed by atoms with E-state index in [0.717, 1.165) is 22.8 Å². The van der Waals surface area contributed by atoms with Crippen molar-refractivity contribution in [2.45, 2.75) is 31.3 Å². The summed E-state index contributed by atoms with van der Waals surface area (Å²) in [6, 6.07) is 12.1. The van der Waals surface area contributed by atoms with Gasteiger partial charge in [-0.25, -0.2) is 8.78 Å². The second kappa shape index (κ2) is 8.78. The summed E-state index contributed by atoms with van der Waals surface area (Å²) in [5.41, 5.74) is 2.20. The minimum Gasteiger partial charge on any atom is -0.490 e. The summed E-state index contributed by atoms with van der Waals surface area (Å²) in [7, 11) is 0. The van der Waals surface area contributed by atoms with E-state index in [1.165, 1.54) is 5.57 Å². The average molecular weight is 403 g/mol. The topological polar surface area (TPSA) is 41.9 Å². The Morgan fingerprint density at radius 2 is 2.07 bits per heavy atom. The van der Waals surface area contributed by atoms with Gasteiger partial charge < -0.3 is 14.6 Å². The molecule has 1 atom stereocenters. The lowest BCUT2D eigenvalue weighted by Gasteiger charge is -2.33. The smallest absolute Gasteiger partial charge is 0.260 e. The maximum Gasteiger partial charge on any atom is 0.260 e. The predicted octanol–water partition coefficient (Wildman–Crippen LogP) is 4.11. The molecule has 1 fully saturated rings. The first-order chi connectivity index (χ1) is 14.0. The van der Waals surface area contributed by atoms with Crippen molar-refractivity contribution < 1.29 is 23.4 Å². The van der Waals surface area contributed by atoms with E-state index in [1.54, 1.807) is 4.90 Å². The molecule has 4 nitrogen and oxygen atoms in total. The van der Waals surface area contributed by atoms with Crippen LogP contribution >= 0.6 is 0 Å². The summed E-state index contributed by atoms with van der Waals surface area (Å²) in [5, 5.41) is 12.6. The summed E-state index contributed by atoms with van der Waals surface area (Å²) in [4.78, 5) is 1.62. The summed E-state index contributed by atoms with van der Waals surface area (Å²) < 4.78 is 38.6. The molecule has 1 unspecified atom stereocenters. The van der Waals surface area contributed by atoms with Crippen molar-refractivity contribution in [1.82, 2.24) is 4.90 Å². The third-order valence-corrected chi connectivity index (χ3v) is 5.55. The molecule has 0 radical (unpaired) electrons. The van der Waals surface area contributed by atoms with Crippen LogP contribution < -0.4 is 4.74 Å². The standard InChI is InChI=1S/C23H27F2NO3/c24-23(25)10-3-11-26(16-23)14-19(27)15-29-21-7-6-17-4-1-2-5-20(17)22(21)18-8-12-28-13-9-18/h1-2,4-8,19,27H,3,9-16H2. The van der Waals surface area contributed by atoms with E-state index < -0.39 is 12.0 Å². The Balaban J connectivity index is 1.49. The van der Waals surface area contributed by atoms with Gasteiger partial charge in [0, 0.05) is 18.5 Å². The first-order valence-electron chi connectivity index (χ1n) is 10.2. The predicted molar refractivity (Wildman–Crippen MR) is 109 cm³/mol. The maximum absolute atomic E-state index is 13.6. The monoisotopic (exact) mass is 403 g/mol. The van der Waals surface area contributed by atoms with Gasteiger partial charge in [0.05, 0.1) is 19.8 Å². The fourth-order valence-electron chi connectivity index (χ4n) is 4.20. The van der Waals surface area contributed by atoms with Crippen molar-refractivity contribution in [3.05, 3.63) is 48.0 Å². The maximum atomic E-state index is 13.6. The van der Waals surface area contributed by atoms with Crippen molar-refractivity contribution in [3.63, 3.8) is 0 Å². The Bertz CT molecular complexity index is 884. The molecule has 1 N–H and O–H groups in total. The van der Waals surface area contributed by atoms with Crippen molar-refractivity contribution in [3.8, 4) is 5.75 Å². The molecule has 6 heteroatoms. The molecule has 2 aromatic rings. The van der Waals surface area contributed by atoms with Gasteiger partial charge in [-0.3, -0.25) is 4.90 Å². The minimum absolute atomic E-state index is 0.0667. The van der Waals surface area contributed by atoms with Crippen molar-refractivity contribution in [2.24, 2.45) is 0 Å². The lowest BCUT2D eigenvalue weighted by Crippen LogP contribution is -2.46. The molecule has 2 aliphatic heterocycles. The zero-order chi connectivity index (χ0) is 20.3. The zero-order valence-corrected chi connectivity index (χ0v) is 16.4. The largest absolute Gasteiger partial charge is 0.490 e. The molecule has 1 saturated heterocycles. The molecule has 0 aliphatic carbocycles. The van der Waals surface area contributed by atoms with Crippen LogP contribution in [0.3, 0.4) is 0 Å². The Morgan fingerprint density at radius 3 is 2.86 bits per heavy atom. The number of alkyl halides is 2. The van der Waals surface area contributed by atoms with Gasteiger partial charge in [0.1, 0.15) is 18.5 Å². The average Bonchev–Trinajstić information content (AvgIpc) is 2.71. The second-order valence-corrected chi connectivity index (χ2v) is 7.87. The van der Waals surface area contributed by atoms with Gasteiger partial charge in [0.2, 0.25) is 0 Å². The van der Waals surface area contributed by atoms with E-state index in [1.807, 2.05) is 24.3 Å². The van der Waals surface area contributed by atoms with E-state index in [9.17, 15) is 13.9 Å². The van der Waals surface area contributed by atoms with Crippen LogP contribution in [0.5, 0.6) is 5.75 Å². The van der Waals surface area contributed by atoms with E-state index in [2.05, 4.69) is 18.2 Å². The van der Waals surface area contributed by atoms with Crippen LogP contribution in [0, 0.1) is 0 Å². The summed E-state index contributed by atoms with van der Waals surface area (Å²) in [6.45, 7) is 1.79. The third kappa shape index (κ3) is 4.94. The molecule has 156 valence electrons. The molecule has 0 bridgehead atoms. The zero-order valence-electron chi connectivity index (χ0n) is 16.4. The van der Waals surface area contributed by atoms with Gasteiger partial charge in [-0.1, -0.05) is 36.4 Å². The molecule has 0 spiro atoms. The quantitative estimate of drug-likeness (QED) is 0.788. The number of hydrogen-bond acceptors (Lipinski definition) is 4. The van der Waals surface area contributed by atoms with Crippen LogP contribution in [0.1, 0.15) is 24.8 Å². The number of benzene rings is 2. The van der Waals surface area contributed by atoms with E-state index in [0.29, 0.717) is 31.9 Å². The number of halogens is 2. The molecule has 2 heterocycles. The molecule has 0 saturated carbocycles. The first kappa shape index (κ1) is 20.3. The molecular formula is C23H27F2NO3. The van der Waals surface area contributed by atoms with Gasteiger partial charge in [-0.15, -0.1) is 0 Å². The number of likely N-dealkylation sites (tertiary alicyclic amines) is 1. The van der Waals surface area contributed by atoms with E-state index in [-0.39, 0.29) is 26.1 Å². The third-order valence-electron chi connectivity index (χ3n) is 5.55. The van der Waals surface area contributed by atoms with Gasteiger partial charge in [-0.2, -0.15) is 0 Å². The summed E-state index contributed by atoms with van der Waals surface area (Å²) >= 11 is 0. The molecule has 0 amide bonds. The van der Waals surface area contributed by atoms with Crippen molar-refractivity contribution in [2.75, 3.05) is 39.5 Å². The number of nitrogens with zero attached hydrogens (tertiary/aromatic N) is 1. The van der Waals surface area contributed by atoms with Crippen LogP contribution in [-0.4, -0.2) is 61.5 Å². The fourth-order valence-corrected chi connectivity index (χ4v) is 4.20. The van der Waals surface area contributed by atoms with Gasteiger partial charge in [0.25, 0.3) is 5.92 Å². The number of β-amino-alcohol motifs (C(OH)–C–C–N with tert-alkyl or cyclic N) is 1. The van der Waals surface area contributed by atoms with Crippen molar-refractivity contribution in [1.29, 1.82) is 0 Å². The van der Waals surface area contributed by atoms with Crippen LogP contribution in [-0.2, 0) is 4.74 Å². The molecule has 2 aliphatic rings. The van der Waals surface area contributed by atoms with Crippen LogP contribution in [0.25, 0.3) is 16.3 Å². The Morgan fingerprint density at radius 1 is 1.21 bits per heavy atom. The number of ether oxygens (including phenoxy) is 2. The summed E-state index contributed by atoms with van der Waals surface area (Å²) in [6.07, 6.45) is 2.42.